The fourth-order valence-corrected chi connectivity index (χ4v) is 4.98. The summed E-state index contributed by atoms with van der Waals surface area (Å²) in [6.45, 7) is 9.28. The topological polar surface area (TPSA) is 20.3 Å². The second-order valence-electron chi connectivity index (χ2n) is 8.50. The summed E-state index contributed by atoms with van der Waals surface area (Å²) in [6, 6.07) is 0. The molecule has 1 amide bonds. The summed E-state index contributed by atoms with van der Waals surface area (Å²) in [5.41, 5.74) is 0.757. The minimum absolute atomic E-state index is 0.345. The van der Waals surface area contributed by atoms with Crippen LogP contribution in [0.25, 0.3) is 0 Å². The van der Waals surface area contributed by atoms with E-state index in [0.29, 0.717) is 22.7 Å². The lowest BCUT2D eigenvalue weighted by molar-refractivity contribution is -0.140. The van der Waals surface area contributed by atoms with Gasteiger partial charge in [-0.25, -0.2) is 0 Å². The van der Waals surface area contributed by atoms with Crippen LogP contribution in [0.2, 0.25) is 0 Å². The molecule has 1 aliphatic heterocycles. The molecule has 20 heavy (non-hydrogen) atoms. The van der Waals surface area contributed by atoms with E-state index in [2.05, 4.69) is 25.7 Å². The van der Waals surface area contributed by atoms with Gasteiger partial charge in [-0.3, -0.25) is 4.79 Å². The summed E-state index contributed by atoms with van der Waals surface area (Å²) in [6.07, 6.45) is 10.1. The molecule has 1 saturated heterocycles. The van der Waals surface area contributed by atoms with Crippen LogP contribution in [0, 0.1) is 22.7 Å². The van der Waals surface area contributed by atoms with Crippen molar-refractivity contribution in [2.45, 2.75) is 72.1 Å². The molecule has 2 bridgehead atoms. The lowest BCUT2D eigenvalue weighted by Crippen LogP contribution is -2.54. The van der Waals surface area contributed by atoms with Gasteiger partial charge in [0.2, 0.25) is 5.91 Å². The van der Waals surface area contributed by atoms with E-state index >= 15 is 0 Å². The van der Waals surface area contributed by atoms with Crippen molar-refractivity contribution in [3.8, 4) is 0 Å². The molecular weight excluding hydrogens is 246 g/mol. The number of hydrogen-bond acceptors (Lipinski definition) is 1. The Morgan fingerprint density at radius 3 is 2.45 bits per heavy atom. The zero-order valence-electron chi connectivity index (χ0n) is 13.6. The predicted molar refractivity (Wildman–Crippen MR) is 82.4 cm³/mol. The van der Waals surface area contributed by atoms with Gasteiger partial charge in [-0.1, -0.05) is 40.0 Å². The molecule has 2 aliphatic carbocycles. The standard InChI is InChI=1S/C18H31NO/c1-17(2)15-9-10-18(17,3)13-19(12-15)16(20)11-14-7-5-4-6-8-14/h14-15H,4-13H2,1-3H3/t15?,18-/m1/s1. The van der Waals surface area contributed by atoms with Crippen LogP contribution in [0.15, 0.2) is 0 Å². The van der Waals surface area contributed by atoms with Crippen molar-refractivity contribution in [1.82, 2.24) is 4.90 Å². The highest BCUT2D eigenvalue weighted by atomic mass is 16.2. The number of fused-ring (bicyclic) bond motifs is 2. The average molecular weight is 277 g/mol. The number of likely N-dealkylation sites (tertiary alicyclic amines) is 1. The van der Waals surface area contributed by atoms with E-state index in [0.717, 1.165) is 25.4 Å². The maximum atomic E-state index is 12.7. The molecule has 3 fully saturated rings. The van der Waals surface area contributed by atoms with Gasteiger partial charge < -0.3 is 4.90 Å². The van der Waals surface area contributed by atoms with Gasteiger partial charge in [-0.15, -0.1) is 0 Å². The van der Waals surface area contributed by atoms with Crippen LogP contribution in [0.3, 0.4) is 0 Å². The van der Waals surface area contributed by atoms with Crippen molar-refractivity contribution in [3.63, 3.8) is 0 Å². The van der Waals surface area contributed by atoms with E-state index in [1.807, 2.05) is 0 Å². The van der Waals surface area contributed by atoms with Crippen molar-refractivity contribution >= 4 is 5.91 Å². The van der Waals surface area contributed by atoms with Crippen molar-refractivity contribution < 1.29 is 4.79 Å². The second kappa shape index (κ2) is 5.03. The highest BCUT2D eigenvalue weighted by molar-refractivity contribution is 5.76. The first kappa shape index (κ1) is 14.4. The van der Waals surface area contributed by atoms with E-state index in [9.17, 15) is 4.79 Å². The first-order valence-electron chi connectivity index (χ1n) is 8.70. The number of carbonyl (C=O) groups is 1. The molecule has 2 nitrogen and oxygen atoms in total. The van der Waals surface area contributed by atoms with Crippen LogP contribution < -0.4 is 0 Å². The van der Waals surface area contributed by atoms with Gasteiger partial charge in [0.1, 0.15) is 0 Å². The van der Waals surface area contributed by atoms with E-state index in [4.69, 9.17) is 0 Å². The highest BCUT2D eigenvalue weighted by Gasteiger charge is 2.56. The summed E-state index contributed by atoms with van der Waals surface area (Å²) >= 11 is 0. The molecule has 0 spiro atoms. The molecule has 0 aromatic rings. The monoisotopic (exact) mass is 277 g/mol. The van der Waals surface area contributed by atoms with Crippen molar-refractivity contribution in [3.05, 3.63) is 0 Å². The molecule has 1 heterocycles. The number of amides is 1. The maximum absolute atomic E-state index is 12.7. The summed E-state index contributed by atoms with van der Waals surface area (Å²) < 4.78 is 0. The lowest BCUT2D eigenvalue weighted by atomic mass is 9.63. The molecule has 2 atom stereocenters. The molecule has 2 saturated carbocycles. The summed E-state index contributed by atoms with van der Waals surface area (Å²) in [5.74, 6) is 1.85. The van der Waals surface area contributed by atoms with Gasteiger partial charge in [0.15, 0.2) is 0 Å². The Labute approximate surface area is 124 Å². The molecule has 3 rings (SSSR count). The fraction of sp³-hybridized carbons (Fsp3) is 0.944. The predicted octanol–water partition coefficient (Wildman–Crippen LogP) is 4.24. The molecule has 114 valence electrons. The van der Waals surface area contributed by atoms with Gasteiger partial charge in [-0.05, 0) is 48.3 Å². The third kappa shape index (κ3) is 2.29. The van der Waals surface area contributed by atoms with Crippen molar-refractivity contribution in [2.75, 3.05) is 13.1 Å². The summed E-state index contributed by atoms with van der Waals surface area (Å²) in [7, 11) is 0. The summed E-state index contributed by atoms with van der Waals surface area (Å²) in [5, 5.41) is 0. The van der Waals surface area contributed by atoms with Crippen molar-refractivity contribution in [2.24, 2.45) is 22.7 Å². The smallest absolute Gasteiger partial charge is 0.222 e. The molecule has 0 aromatic heterocycles. The molecule has 0 N–H and O–H groups in total. The Balaban J connectivity index is 1.63. The zero-order valence-corrected chi connectivity index (χ0v) is 13.6. The highest BCUT2D eigenvalue weighted by Crippen LogP contribution is 2.59. The Morgan fingerprint density at radius 1 is 1.10 bits per heavy atom. The third-order valence-electron chi connectivity index (χ3n) is 7.14. The molecule has 1 unspecified atom stereocenters. The van der Waals surface area contributed by atoms with Crippen molar-refractivity contribution in [1.29, 1.82) is 0 Å². The van der Waals surface area contributed by atoms with Gasteiger partial charge in [0.25, 0.3) is 0 Å². The lowest BCUT2D eigenvalue weighted by Gasteiger charge is -2.50. The first-order valence-corrected chi connectivity index (χ1v) is 8.70. The van der Waals surface area contributed by atoms with E-state index < -0.39 is 0 Å². The van der Waals surface area contributed by atoms with Gasteiger partial charge >= 0.3 is 0 Å². The summed E-state index contributed by atoms with van der Waals surface area (Å²) in [4.78, 5) is 14.9. The normalized spacial score (nSPS) is 37.1. The fourth-order valence-electron chi connectivity index (χ4n) is 4.98. The second-order valence-corrected chi connectivity index (χ2v) is 8.50. The van der Waals surface area contributed by atoms with Crippen LogP contribution in [0.1, 0.15) is 72.1 Å². The number of carbonyl (C=O) groups excluding carboxylic acids is 1. The van der Waals surface area contributed by atoms with Gasteiger partial charge in [-0.2, -0.15) is 0 Å². The van der Waals surface area contributed by atoms with Crippen LogP contribution in [0.4, 0.5) is 0 Å². The van der Waals surface area contributed by atoms with E-state index in [1.54, 1.807) is 0 Å². The molecule has 2 heteroatoms. The maximum Gasteiger partial charge on any atom is 0.222 e. The Kier molecular flexibility index (Phi) is 3.63. The minimum atomic E-state index is 0.345. The Morgan fingerprint density at radius 2 is 1.80 bits per heavy atom. The number of hydrogen-bond donors (Lipinski definition) is 0. The number of nitrogens with zero attached hydrogens (tertiary/aromatic N) is 1. The SMILES string of the molecule is CC1(C)C2CC[C@]1(C)CN(C(=O)CC1CCCCC1)C2. The molecule has 0 aromatic carbocycles. The quantitative estimate of drug-likeness (QED) is 0.739. The van der Waals surface area contributed by atoms with E-state index in [1.165, 1.54) is 44.9 Å². The van der Waals surface area contributed by atoms with Crippen LogP contribution in [-0.2, 0) is 4.79 Å². The van der Waals surface area contributed by atoms with Gasteiger partial charge in [0, 0.05) is 19.5 Å². The van der Waals surface area contributed by atoms with Crippen LogP contribution in [0.5, 0.6) is 0 Å². The first-order chi connectivity index (χ1) is 9.42. The van der Waals surface area contributed by atoms with Crippen LogP contribution >= 0.6 is 0 Å². The Hall–Kier alpha value is -0.530. The average Bonchev–Trinajstić information content (AvgIpc) is 2.57. The molecule has 3 aliphatic rings. The molecular formula is C18H31NO. The van der Waals surface area contributed by atoms with Crippen LogP contribution in [-0.4, -0.2) is 23.9 Å². The molecule has 0 radical (unpaired) electrons. The zero-order chi connectivity index (χ0) is 14.4. The third-order valence-corrected chi connectivity index (χ3v) is 7.14. The van der Waals surface area contributed by atoms with Gasteiger partial charge in [0.05, 0.1) is 0 Å². The largest absolute Gasteiger partial charge is 0.342 e. The minimum Gasteiger partial charge on any atom is -0.342 e. The Bertz CT molecular complexity index is 383. The number of piperidine rings is 1. The van der Waals surface area contributed by atoms with E-state index in [-0.39, 0.29) is 0 Å². The number of rotatable bonds is 2.